The van der Waals surface area contributed by atoms with Gasteiger partial charge in [0, 0.05) is 24.2 Å². The predicted octanol–water partition coefficient (Wildman–Crippen LogP) is 2.55. The molecule has 0 aromatic heterocycles. The van der Waals surface area contributed by atoms with Crippen LogP contribution in [0, 0.1) is 0 Å². The van der Waals surface area contributed by atoms with E-state index in [9.17, 15) is 4.79 Å². The SMILES string of the molecule is O=C1CCCCC1=C1CCCCCN1. The van der Waals surface area contributed by atoms with E-state index in [1.54, 1.807) is 0 Å². The molecule has 0 aromatic carbocycles. The summed E-state index contributed by atoms with van der Waals surface area (Å²) in [6, 6.07) is 0. The Kier molecular flexibility index (Phi) is 3.22. The molecule has 0 bridgehead atoms. The number of ketones is 1. The molecule has 1 aliphatic heterocycles. The fourth-order valence-electron chi connectivity index (χ4n) is 2.39. The largest absolute Gasteiger partial charge is 0.388 e. The molecular weight excluding hydrogens is 174 g/mol. The third kappa shape index (κ3) is 2.17. The Morgan fingerprint density at radius 3 is 2.50 bits per heavy atom. The molecule has 1 saturated carbocycles. The highest BCUT2D eigenvalue weighted by molar-refractivity contribution is 5.96. The first-order valence-electron chi connectivity index (χ1n) is 5.87. The molecule has 2 rings (SSSR count). The van der Waals surface area contributed by atoms with Crippen molar-refractivity contribution in [2.24, 2.45) is 0 Å². The van der Waals surface area contributed by atoms with Gasteiger partial charge in [-0.2, -0.15) is 0 Å². The zero-order chi connectivity index (χ0) is 9.80. The van der Waals surface area contributed by atoms with Crippen LogP contribution in [-0.4, -0.2) is 12.3 Å². The average molecular weight is 193 g/mol. The van der Waals surface area contributed by atoms with Crippen molar-refractivity contribution in [3.05, 3.63) is 11.3 Å². The molecule has 2 heteroatoms. The summed E-state index contributed by atoms with van der Waals surface area (Å²) < 4.78 is 0. The van der Waals surface area contributed by atoms with Gasteiger partial charge in [0.15, 0.2) is 5.78 Å². The Hall–Kier alpha value is -0.790. The van der Waals surface area contributed by atoms with Crippen LogP contribution in [0.3, 0.4) is 0 Å². The van der Waals surface area contributed by atoms with E-state index in [0.29, 0.717) is 5.78 Å². The van der Waals surface area contributed by atoms with Crippen molar-refractivity contribution in [2.45, 2.75) is 51.4 Å². The maximum atomic E-state index is 11.7. The van der Waals surface area contributed by atoms with Gasteiger partial charge in [-0.05, 0) is 38.5 Å². The minimum atomic E-state index is 0.403. The predicted molar refractivity (Wildman–Crippen MR) is 57.0 cm³/mol. The van der Waals surface area contributed by atoms with Crippen LogP contribution in [-0.2, 0) is 4.79 Å². The number of carbonyl (C=O) groups excluding carboxylic acids is 1. The summed E-state index contributed by atoms with van der Waals surface area (Å²) in [5.41, 5.74) is 2.39. The number of hydrogen-bond donors (Lipinski definition) is 1. The van der Waals surface area contributed by atoms with Gasteiger partial charge in [0.1, 0.15) is 0 Å². The molecule has 14 heavy (non-hydrogen) atoms. The summed E-state index contributed by atoms with van der Waals surface area (Å²) in [4.78, 5) is 11.7. The van der Waals surface area contributed by atoms with Gasteiger partial charge < -0.3 is 5.32 Å². The second-order valence-corrected chi connectivity index (χ2v) is 4.32. The number of rotatable bonds is 0. The van der Waals surface area contributed by atoms with E-state index in [1.165, 1.54) is 31.4 Å². The van der Waals surface area contributed by atoms with Crippen LogP contribution in [0.1, 0.15) is 51.4 Å². The normalized spacial score (nSPS) is 29.6. The fourth-order valence-corrected chi connectivity index (χ4v) is 2.39. The molecule has 2 fully saturated rings. The summed E-state index contributed by atoms with van der Waals surface area (Å²) in [5, 5.41) is 3.44. The lowest BCUT2D eigenvalue weighted by Crippen LogP contribution is -2.20. The third-order valence-corrected chi connectivity index (χ3v) is 3.22. The first-order valence-corrected chi connectivity index (χ1v) is 5.87. The van der Waals surface area contributed by atoms with E-state index in [2.05, 4.69) is 5.32 Å². The molecule has 78 valence electrons. The molecule has 1 heterocycles. The lowest BCUT2D eigenvalue weighted by atomic mass is 9.91. The molecule has 1 saturated heterocycles. The van der Waals surface area contributed by atoms with Gasteiger partial charge >= 0.3 is 0 Å². The zero-order valence-electron chi connectivity index (χ0n) is 8.77. The lowest BCUT2D eigenvalue weighted by Gasteiger charge is -2.18. The minimum Gasteiger partial charge on any atom is -0.388 e. The smallest absolute Gasteiger partial charge is 0.160 e. The van der Waals surface area contributed by atoms with Crippen LogP contribution in [0.15, 0.2) is 11.3 Å². The highest BCUT2D eigenvalue weighted by atomic mass is 16.1. The average Bonchev–Trinajstić information content (AvgIpc) is 2.47. The lowest BCUT2D eigenvalue weighted by molar-refractivity contribution is -0.116. The number of nitrogens with one attached hydrogen (secondary N) is 1. The Labute approximate surface area is 85.8 Å². The Morgan fingerprint density at radius 2 is 1.64 bits per heavy atom. The van der Waals surface area contributed by atoms with E-state index in [-0.39, 0.29) is 0 Å². The second-order valence-electron chi connectivity index (χ2n) is 4.32. The van der Waals surface area contributed by atoms with E-state index < -0.39 is 0 Å². The molecule has 0 unspecified atom stereocenters. The molecule has 0 aromatic rings. The quantitative estimate of drug-likeness (QED) is 0.599. The van der Waals surface area contributed by atoms with Crippen LogP contribution in [0.25, 0.3) is 0 Å². The van der Waals surface area contributed by atoms with Crippen LogP contribution in [0.2, 0.25) is 0 Å². The van der Waals surface area contributed by atoms with Crippen LogP contribution >= 0.6 is 0 Å². The first-order chi connectivity index (χ1) is 6.88. The van der Waals surface area contributed by atoms with Gasteiger partial charge in [-0.25, -0.2) is 0 Å². The number of Topliss-reactive ketones (excluding diaryl/α,β-unsaturated/α-hetero) is 1. The van der Waals surface area contributed by atoms with Gasteiger partial charge in [-0.15, -0.1) is 0 Å². The monoisotopic (exact) mass is 193 g/mol. The summed E-state index contributed by atoms with van der Waals surface area (Å²) >= 11 is 0. The molecule has 0 spiro atoms. The molecule has 0 amide bonds. The van der Waals surface area contributed by atoms with Crippen molar-refractivity contribution in [3.8, 4) is 0 Å². The summed E-state index contributed by atoms with van der Waals surface area (Å²) in [7, 11) is 0. The Morgan fingerprint density at radius 1 is 0.857 bits per heavy atom. The van der Waals surface area contributed by atoms with E-state index in [0.717, 1.165) is 37.8 Å². The van der Waals surface area contributed by atoms with Crippen LogP contribution < -0.4 is 5.32 Å². The summed E-state index contributed by atoms with van der Waals surface area (Å²) in [6.07, 6.45) is 8.99. The van der Waals surface area contributed by atoms with Crippen molar-refractivity contribution < 1.29 is 4.79 Å². The zero-order valence-corrected chi connectivity index (χ0v) is 8.77. The van der Waals surface area contributed by atoms with Crippen molar-refractivity contribution >= 4 is 5.78 Å². The molecule has 2 aliphatic rings. The van der Waals surface area contributed by atoms with Crippen LogP contribution in [0.4, 0.5) is 0 Å². The topological polar surface area (TPSA) is 29.1 Å². The Bertz CT molecular complexity index is 245. The Balaban J connectivity index is 2.13. The van der Waals surface area contributed by atoms with Gasteiger partial charge in [-0.3, -0.25) is 4.79 Å². The summed E-state index contributed by atoms with van der Waals surface area (Å²) in [5.74, 6) is 0.403. The van der Waals surface area contributed by atoms with E-state index >= 15 is 0 Å². The van der Waals surface area contributed by atoms with Crippen molar-refractivity contribution in [3.63, 3.8) is 0 Å². The standard InChI is InChI=1S/C12H19NO/c14-12-8-4-3-6-10(12)11-7-2-1-5-9-13-11/h13H,1-9H2. The second kappa shape index (κ2) is 4.63. The summed E-state index contributed by atoms with van der Waals surface area (Å²) in [6.45, 7) is 1.06. The number of carbonyl (C=O) groups is 1. The van der Waals surface area contributed by atoms with Gasteiger partial charge in [0.2, 0.25) is 0 Å². The maximum Gasteiger partial charge on any atom is 0.160 e. The highest BCUT2D eigenvalue weighted by Gasteiger charge is 2.19. The van der Waals surface area contributed by atoms with Gasteiger partial charge in [0.05, 0.1) is 0 Å². The first kappa shape index (κ1) is 9.75. The van der Waals surface area contributed by atoms with Gasteiger partial charge in [-0.1, -0.05) is 6.42 Å². The molecule has 2 nitrogen and oxygen atoms in total. The van der Waals surface area contributed by atoms with E-state index in [1.807, 2.05) is 0 Å². The van der Waals surface area contributed by atoms with Crippen molar-refractivity contribution in [1.29, 1.82) is 0 Å². The maximum absolute atomic E-state index is 11.7. The number of allylic oxidation sites excluding steroid dienone is 2. The molecular formula is C12H19NO. The van der Waals surface area contributed by atoms with E-state index in [4.69, 9.17) is 0 Å². The van der Waals surface area contributed by atoms with Crippen LogP contribution in [0.5, 0.6) is 0 Å². The highest BCUT2D eigenvalue weighted by Crippen LogP contribution is 2.25. The minimum absolute atomic E-state index is 0.403. The molecule has 1 N–H and O–H groups in total. The molecule has 0 radical (unpaired) electrons. The van der Waals surface area contributed by atoms with Gasteiger partial charge in [0.25, 0.3) is 0 Å². The van der Waals surface area contributed by atoms with Crippen molar-refractivity contribution in [1.82, 2.24) is 5.32 Å². The molecule has 1 aliphatic carbocycles. The fraction of sp³-hybridized carbons (Fsp3) is 0.750. The van der Waals surface area contributed by atoms with Crippen molar-refractivity contribution in [2.75, 3.05) is 6.54 Å². The third-order valence-electron chi connectivity index (χ3n) is 3.22. The number of hydrogen-bond acceptors (Lipinski definition) is 2. The molecule has 0 atom stereocenters.